The molecule has 1 fully saturated rings. The van der Waals surface area contributed by atoms with Crippen molar-refractivity contribution < 1.29 is 14.3 Å². The van der Waals surface area contributed by atoms with Crippen LogP contribution < -0.4 is 10.2 Å². The van der Waals surface area contributed by atoms with E-state index in [0.717, 1.165) is 30.8 Å². The van der Waals surface area contributed by atoms with E-state index in [9.17, 15) is 9.90 Å². The van der Waals surface area contributed by atoms with Gasteiger partial charge in [0.2, 0.25) is 5.43 Å². The lowest BCUT2D eigenvalue weighted by molar-refractivity contribution is 0.175. The van der Waals surface area contributed by atoms with Gasteiger partial charge in [-0.1, -0.05) is 19.1 Å². The number of fused-ring (bicyclic) bond motifs is 1. The molecule has 28 heavy (non-hydrogen) atoms. The first-order valence-corrected chi connectivity index (χ1v) is 9.70. The van der Waals surface area contributed by atoms with E-state index in [-0.39, 0.29) is 11.2 Å². The number of benzene rings is 2. The highest BCUT2D eigenvalue weighted by molar-refractivity contribution is 5.85. The molecule has 5 nitrogen and oxygen atoms in total. The molecule has 0 radical (unpaired) electrons. The molecule has 1 aromatic heterocycles. The van der Waals surface area contributed by atoms with E-state index < -0.39 is 0 Å². The van der Waals surface area contributed by atoms with Crippen LogP contribution in [-0.2, 0) is 6.54 Å². The summed E-state index contributed by atoms with van der Waals surface area (Å²) in [5.41, 5.74) is 2.33. The first-order valence-electron chi connectivity index (χ1n) is 9.70. The minimum atomic E-state index is -0.0975. The molecule has 3 aromatic rings. The third-order valence-corrected chi connectivity index (χ3v) is 5.54. The summed E-state index contributed by atoms with van der Waals surface area (Å²) in [7, 11) is 1.61. The van der Waals surface area contributed by atoms with Gasteiger partial charge < -0.3 is 14.3 Å². The van der Waals surface area contributed by atoms with E-state index in [0.29, 0.717) is 34.6 Å². The number of phenols is 1. The van der Waals surface area contributed by atoms with E-state index in [1.54, 1.807) is 19.2 Å². The number of hydrogen-bond donors (Lipinski definition) is 1. The second kappa shape index (κ2) is 7.68. The van der Waals surface area contributed by atoms with Gasteiger partial charge >= 0.3 is 0 Å². The van der Waals surface area contributed by atoms with E-state index in [4.69, 9.17) is 9.15 Å². The summed E-state index contributed by atoms with van der Waals surface area (Å²) in [6.07, 6.45) is 3.88. The van der Waals surface area contributed by atoms with Crippen LogP contribution in [0.15, 0.2) is 51.9 Å². The summed E-state index contributed by atoms with van der Waals surface area (Å²) in [6, 6.07) is 10.6. The Kier molecular flexibility index (Phi) is 5.09. The van der Waals surface area contributed by atoms with Gasteiger partial charge in [0.15, 0.2) is 0 Å². The van der Waals surface area contributed by atoms with Crippen LogP contribution >= 0.6 is 0 Å². The predicted molar refractivity (Wildman–Crippen MR) is 110 cm³/mol. The summed E-state index contributed by atoms with van der Waals surface area (Å²) in [5, 5.41) is 10.9. The van der Waals surface area contributed by atoms with Crippen LogP contribution in [0.4, 0.5) is 0 Å². The second-order valence-electron chi connectivity index (χ2n) is 7.63. The Hall–Kier alpha value is -2.79. The fraction of sp³-hybridized carbons (Fsp3) is 0.348. The standard InChI is InChI=1S/C23H25NO4/c1-15-4-3-11-24(12-15)13-19-21(25)10-9-18-22(26)20(14-28-23(18)19)16-5-7-17(27-2)8-6-16/h5-10,14-15,25H,3-4,11-13H2,1-2H3/t15-/m1/s1. The predicted octanol–water partition coefficient (Wildman–Crippen LogP) is 4.41. The normalized spacial score (nSPS) is 17.7. The molecule has 0 spiro atoms. The van der Waals surface area contributed by atoms with Crippen LogP contribution in [0, 0.1) is 5.92 Å². The Labute approximate surface area is 164 Å². The highest BCUT2D eigenvalue weighted by Gasteiger charge is 2.21. The molecule has 1 saturated heterocycles. The van der Waals surface area contributed by atoms with Crippen LogP contribution in [0.25, 0.3) is 22.1 Å². The van der Waals surface area contributed by atoms with Crippen molar-refractivity contribution in [2.24, 2.45) is 5.92 Å². The van der Waals surface area contributed by atoms with Crippen molar-refractivity contribution >= 4 is 11.0 Å². The van der Waals surface area contributed by atoms with Gasteiger partial charge in [-0.05, 0) is 55.1 Å². The average molecular weight is 379 g/mol. The van der Waals surface area contributed by atoms with Gasteiger partial charge in [0, 0.05) is 13.1 Å². The van der Waals surface area contributed by atoms with E-state index in [1.807, 2.05) is 24.3 Å². The zero-order valence-electron chi connectivity index (χ0n) is 16.3. The summed E-state index contributed by atoms with van der Waals surface area (Å²) < 4.78 is 11.1. The number of rotatable bonds is 4. The molecule has 4 rings (SSSR count). The van der Waals surface area contributed by atoms with Crippen LogP contribution in [0.1, 0.15) is 25.3 Å². The van der Waals surface area contributed by atoms with Gasteiger partial charge in [-0.15, -0.1) is 0 Å². The Morgan fingerprint density at radius 3 is 2.71 bits per heavy atom. The Morgan fingerprint density at radius 1 is 1.21 bits per heavy atom. The van der Waals surface area contributed by atoms with Crippen molar-refractivity contribution in [1.82, 2.24) is 4.90 Å². The quantitative estimate of drug-likeness (QED) is 0.728. The SMILES string of the molecule is COc1ccc(-c2coc3c(CN4CCC[C@@H](C)C4)c(O)ccc3c2=O)cc1. The number of nitrogens with zero attached hydrogens (tertiary/aromatic N) is 1. The van der Waals surface area contributed by atoms with Crippen LogP contribution in [0.5, 0.6) is 11.5 Å². The Bertz CT molecular complexity index is 1040. The molecule has 0 aliphatic carbocycles. The second-order valence-corrected chi connectivity index (χ2v) is 7.63. The third kappa shape index (κ3) is 3.50. The maximum atomic E-state index is 13.1. The maximum absolute atomic E-state index is 13.1. The largest absolute Gasteiger partial charge is 0.507 e. The van der Waals surface area contributed by atoms with E-state index >= 15 is 0 Å². The molecule has 1 atom stereocenters. The van der Waals surface area contributed by atoms with Gasteiger partial charge in [-0.3, -0.25) is 9.69 Å². The summed E-state index contributed by atoms with van der Waals surface area (Å²) in [4.78, 5) is 15.4. The number of phenolic OH excluding ortho intramolecular Hbond substituents is 1. The maximum Gasteiger partial charge on any atom is 0.200 e. The van der Waals surface area contributed by atoms with E-state index in [1.165, 1.54) is 12.7 Å². The Morgan fingerprint density at radius 2 is 2.00 bits per heavy atom. The molecule has 0 amide bonds. The molecule has 1 aliphatic heterocycles. The molecule has 2 aromatic carbocycles. The average Bonchev–Trinajstić information content (AvgIpc) is 2.71. The molecule has 146 valence electrons. The minimum absolute atomic E-state index is 0.0975. The van der Waals surface area contributed by atoms with Gasteiger partial charge in [-0.2, -0.15) is 0 Å². The summed E-state index contributed by atoms with van der Waals surface area (Å²) in [6.45, 7) is 4.81. The fourth-order valence-corrected chi connectivity index (χ4v) is 4.02. The molecular weight excluding hydrogens is 354 g/mol. The molecule has 0 unspecified atom stereocenters. The number of aromatic hydroxyl groups is 1. The molecule has 1 N–H and O–H groups in total. The molecule has 5 heteroatoms. The minimum Gasteiger partial charge on any atom is -0.507 e. The molecule has 0 bridgehead atoms. The van der Waals surface area contributed by atoms with Crippen molar-refractivity contribution in [3.63, 3.8) is 0 Å². The fourth-order valence-electron chi connectivity index (χ4n) is 4.02. The lowest BCUT2D eigenvalue weighted by Crippen LogP contribution is -2.33. The van der Waals surface area contributed by atoms with Crippen LogP contribution in [-0.4, -0.2) is 30.2 Å². The summed E-state index contributed by atoms with van der Waals surface area (Å²) in [5.74, 6) is 1.54. The monoisotopic (exact) mass is 379 g/mol. The number of piperidine rings is 1. The lowest BCUT2D eigenvalue weighted by atomic mass is 9.99. The topological polar surface area (TPSA) is 62.9 Å². The number of hydrogen-bond acceptors (Lipinski definition) is 5. The Balaban J connectivity index is 1.75. The van der Waals surface area contributed by atoms with Gasteiger partial charge in [0.1, 0.15) is 23.3 Å². The zero-order valence-corrected chi connectivity index (χ0v) is 16.3. The van der Waals surface area contributed by atoms with E-state index in [2.05, 4.69) is 11.8 Å². The molecule has 2 heterocycles. The summed E-state index contributed by atoms with van der Waals surface area (Å²) >= 11 is 0. The highest BCUT2D eigenvalue weighted by atomic mass is 16.5. The first-order chi connectivity index (χ1) is 13.6. The number of ether oxygens (including phenoxy) is 1. The third-order valence-electron chi connectivity index (χ3n) is 5.54. The smallest absolute Gasteiger partial charge is 0.200 e. The van der Waals surface area contributed by atoms with Crippen molar-refractivity contribution in [2.75, 3.05) is 20.2 Å². The van der Waals surface area contributed by atoms with Crippen LogP contribution in [0.2, 0.25) is 0 Å². The first kappa shape index (κ1) is 18.6. The van der Waals surface area contributed by atoms with Gasteiger partial charge in [0.05, 0.1) is 23.6 Å². The van der Waals surface area contributed by atoms with Gasteiger partial charge in [0.25, 0.3) is 0 Å². The van der Waals surface area contributed by atoms with Crippen molar-refractivity contribution in [3.05, 3.63) is 58.4 Å². The van der Waals surface area contributed by atoms with Crippen molar-refractivity contribution in [1.29, 1.82) is 0 Å². The van der Waals surface area contributed by atoms with Crippen LogP contribution in [0.3, 0.4) is 0 Å². The van der Waals surface area contributed by atoms with Gasteiger partial charge in [-0.25, -0.2) is 0 Å². The van der Waals surface area contributed by atoms with Crippen molar-refractivity contribution in [3.8, 4) is 22.6 Å². The molecular formula is C23H25NO4. The molecule has 1 aliphatic rings. The lowest BCUT2D eigenvalue weighted by Gasteiger charge is -2.31. The zero-order chi connectivity index (χ0) is 19.7. The number of likely N-dealkylation sites (tertiary alicyclic amines) is 1. The molecule has 0 saturated carbocycles. The highest BCUT2D eigenvalue weighted by Crippen LogP contribution is 2.30. The number of methoxy groups -OCH3 is 1. The van der Waals surface area contributed by atoms with Crippen molar-refractivity contribution in [2.45, 2.75) is 26.3 Å².